The molecule has 0 bridgehead atoms. The van der Waals surface area contributed by atoms with Gasteiger partial charge in [0, 0.05) is 24.4 Å². The molecule has 2 aromatic carbocycles. The van der Waals surface area contributed by atoms with Crippen molar-refractivity contribution in [1.82, 2.24) is 4.90 Å². The summed E-state index contributed by atoms with van der Waals surface area (Å²) in [6, 6.07) is 20.4. The van der Waals surface area contributed by atoms with Crippen LogP contribution in [0.3, 0.4) is 0 Å². The highest BCUT2D eigenvalue weighted by molar-refractivity contribution is 7.10. The van der Waals surface area contributed by atoms with E-state index in [1.807, 2.05) is 41.8 Å². The molecule has 0 fully saturated rings. The smallest absolute Gasteiger partial charge is 0.409 e. The second-order valence-electron chi connectivity index (χ2n) is 7.05. The fourth-order valence-electron chi connectivity index (χ4n) is 3.73. The number of carbonyl (C=O) groups excluding carboxylic acids is 1. The van der Waals surface area contributed by atoms with E-state index in [4.69, 9.17) is 4.74 Å². The van der Waals surface area contributed by atoms with Gasteiger partial charge in [-0.2, -0.15) is 0 Å². The van der Waals surface area contributed by atoms with Crippen LogP contribution in [0.1, 0.15) is 34.4 Å². The number of amides is 1. The lowest BCUT2D eigenvalue weighted by molar-refractivity contribution is 0.0986. The number of thiophene rings is 1. The molecule has 28 heavy (non-hydrogen) atoms. The van der Waals surface area contributed by atoms with Gasteiger partial charge in [0.15, 0.2) is 0 Å². The third-order valence-corrected chi connectivity index (χ3v) is 6.23. The standard InChI is InChI=1S/C23H23NO3S/c1-24(13-12-21(25)22-11-6-14-28-22)23(26)27-15-20-18-9-4-2-7-16(18)17-8-3-5-10-19(17)20/h2-11,14,20-21,25H,12-13,15H2,1H3/t21-/m0/s1. The number of benzene rings is 2. The summed E-state index contributed by atoms with van der Waals surface area (Å²) in [7, 11) is 1.71. The molecule has 4 rings (SSSR count). The van der Waals surface area contributed by atoms with Crippen LogP contribution in [0.2, 0.25) is 0 Å². The summed E-state index contributed by atoms with van der Waals surface area (Å²) in [5, 5.41) is 12.1. The van der Waals surface area contributed by atoms with Gasteiger partial charge in [0.25, 0.3) is 0 Å². The third-order valence-electron chi connectivity index (χ3n) is 5.26. The maximum Gasteiger partial charge on any atom is 0.409 e. The first-order chi connectivity index (χ1) is 13.6. The Bertz CT molecular complexity index is 908. The number of nitrogens with zero attached hydrogens (tertiary/aromatic N) is 1. The molecule has 0 saturated heterocycles. The fraction of sp³-hybridized carbons (Fsp3) is 0.261. The van der Waals surface area contributed by atoms with E-state index in [0.717, 1.165) is 4.88 Å². The van der Waals surface area contributed by atoms with Crippen molar-refractivity contribution in [2.75, 3.05) is 20.2 Å². The lowest BCUT2D eigenvalue weighted by atomic mass is 9.98. The van der Waals surface area contributed by atoms with E-state index >= 15 is 0 Å². The number of ether oxygens (including phenoxy) is 1. The maximum atomic E-state index is 12.4. The topological polar surface area (TPSA) is 49.8 Å². The normalized spacial score (nSPS) is 13.6. The quantitative estimate of drug-likeness (QED) is 0.637. The van der Waals surface area contributed by atoms with Gasteiger partial charge in [-0.1, -0.05) is 54.6 Å². The molecule has 5 heteroatoms. The summed E-state index contributed by atoms with van der Waals surface area (Å²) in [5.74, 6) is 0.0569. The molecule has 1 N–H and O–H groups in total. The predicted octanol–water partition coefficient (Wildman–Crippen LogP) is 5.05. The molecule has 0 unspecified atom stereocenters. The molecular weight excluding hydrogens is 370 g/mol. The van der Waals surface area contributed by atoms with Crippen molar-refractivity contribution in [3.05, 3.63) is 82.0 Å². The lowest BCUT2D eigenvalue weighted by Crippen LogP contribution is -2.30. The van der Waals surface area contributed by atoms with Crippen molar-refractivity contribution in [2.24, 2.45) is 0 Å². The molecule has 4 nitrogen and oxygen atoms in total. The van der Waals surface area contributed by atoms with Crippen LogP contribution >= 0.6 is 11.3 Å². The van der Waals surface area contributed by atoms with Crippen LogP contribution in [0.5, 0.6) is 0 Å². The summed E-state index contributed by atoms with van der Waals surface area (Å²) in [5.41, 5.74) is 4.83. The van der Waals surface area contributed by atoms with Crippen molar-refractivity contribution < 1.29 is 14.6 Å². The monoisotopic (exact) mass is 393 g/mol. The van der Waals surface area contributed by atoms with Crippen LogP contribution < -0.4 is 0 Å². The molecule has 3 aromatic rings. The number of aliphatic hydroxyl groups excluding tert-OH is 1. The van der Waals surface area contributed by atoms with Crippen molar-refractivity contribution in [1.29, 1.82) is 0 Å². The van der Waals surface area contributed by atoms with Gasteiger partial charge < -0.3 is 14.7 Å². The van der Waals surface area contributed by atoms with E-state index in [0.29, 0.717) is 19.6 Å². The molecule has 1 heterocycles. The van der Waals surface area contributed by atoms with E-state index in [1.165, 1.54) is 38.5 Å². The van der Waals surface area contributed by atoms with Gasteiger partial charge in [-0.15, -0.1) is 11.3 Å². The molecule has 0 spiro atoms. The van der Waals surface area contributed by atoms with Crippen LogP contribution in [0.4, 0.5) is 4.79 Å². The fourth-order valence-corrected chi connectivity index (χ4v) is 4.48. The Balaban J connectivity index is 1.37. The van der Waals surface area contributed by atoms with E-state index < -0.39 is 6.10 Å². The molecule has 1 aliphatic carbocycles. The Kier molecular flexibility index (Phi) is 5.46. The number of hydrogen-bond acceptors (Lipinski definition) is 4. The largest absolute Gasteiger partial charge is 0.448 e. The lowest BCUT2D eigenvalue weighted by Gasteiger charge is -2.20. The van der Waals surface area contributed by atoms with Crippen LogP contribution in [0.25, 0.3) is 11.1 Å². The molecule has 144 valence electrons. The zero-order chi connectivity index (χ0) is 19.5. The summed E-state index contributed by atoms with van der Waals surface area (Å²) in [4.78, 5) is 14.9. The summed E-state index contributed by atoms with van der Waals surface area (Å²) >= 11 is 1.52. The maximum absolute atomic E-state index is 12.4. The molecule has 0 aliphatic heterocycles. The van der Waals surface area contributed by atoms with Gasteiger partial charge in [-0.25, -0.2) is 4.79 Å². The zero-order valence-corrected chi connectivity index (χ0v) is 16.6. The number of rotatable bonds is 6. The van der Waals surface area contributed by atoms with Gasteiger partial charge in [-0.05, 0) is 40.1 Å². The molecule has 0 saturated carbocycles. The summed E-state index contributed by atoms with van der Waals surface area (Å²) in [6.07, 6.45) is -0.426. The first kappa shape index (κ1) is 18.7. The minimum absolute atomic E-state index is 0.0569. The van der Waals surface area contributed by atoms with Gasteiger partial charge in [0.2, 0.25) is 0 Å². The number of carbonyl (C=O) groups is 1. The Morgan fingerprint density at radius 3 is 2.32 bits per heavy atom. The van der Waals surface area contributed by atoms with Gasteiger partial charge in [0.1, 0.15) is 6.61 Å². The van der Waals surface area contributed by atoms with E-state index in [-0.39, 0.29) is 12.0 Å². The molecule has 0 radical (unpaired) electrons. The molecule has 1 aliphatic rings. The van der Waals surface area contributed by atoms with Crippen molar-refractivity contribution in [3.8, 4) is 11.1 Å². The summed E-state index contributed by atoms with van der Waals surface area (Å²) in [6.45, 7) is 0.750. The van der Waals surface area contributed by atoms with Gasteiger partial charge >= 0.3 is 6.09 Å². The number of hydrogen-bond donors (Lipinski definition) is 1. The SMILES string of the molecule is CN(CC[C@H](O)c1cccs1)C(=O)OCC1c2ccccc2-c2ccccc21. The first-order valence-electron chi connectivity index (χ1n) is 9.42. The highest BCUT2D eigenvalue weighted by atomic mass is 32.1. The van der Waals surface area contributed by atoms with Crippen molar-refractivity contribution >= 4 is 17.4 Å². The Hall–Kier alpha value is -2.63. The van der Waals surface area contributed by atoms with Gasteiger partial charge in [-0.3, -0.25) is 0 Å². The van der Waals surface area contributed by atoms with Crippen molar-refractivity contribution in [3.63, 3.8) is 0 Å². The summed E-state index contributed by atoms with van der Waals surface area (Å²) < 4.78 is 5.63. The predicted molar refractivity (Wildman–Crippen MR) is 112 cm³/mol. The molecular formula is C23H23NO3S. The highest BCUT2D eigenvalue weighted by Gasteiger charge is 2.29. The molecule has 1 aromatic heterocycles. The zero-order valence-electron chi connectivity index (χ0n) is 15.7. The molecule has 1 amide bonds. The van der Waals surface area contributed by atoms with Gasteiger partial charge in [0.05, 0.1) is 6.10 Å². The van der Waals surface area contributed by atoms with E-state index in [9.17, 15) is 9.90 Å². The highest BCUT2D eigenvalue weighted by Crippen LogP contribution is 2.44. The average Bonchev–Trinajstić information content (AvgIpc) is 3.37. The minimum Gasteiger partial charge on any atom is -0.448 e. The minimum atomic E-state index is -0.552. The van der Waals surface area contributed by atoms with E-state index in [1.54, 1.807) is 7.05 Å². The first-order valence-corrected chi connectivity index (χ1v) is 10.3. The third kappa shape index (κ3) is 3.68. The molecule has 1 atom stereocenters. The van der Waals surface area contributed by atoms with Crippen LogP contribution in [-0.4, -0.2) is 36.3 Å². The second kappa shape index (κ2) is 8.17. The van der Waals surface area contributed by atoms with Crippen LogP contribution in [0.15, 0.2) is 66.0 Å². The van der Waals surface area contributed by atoms with Crippen LogP contribution in [-0.2, 0) is 4.74 Å². The van der Waals surface area contributed by atoms with E-state index in [2.05, 4.69) is 24.3 Å². The Morgan fingerprint density at radius 1 is 1.07 bits per heavy atom. The number of fused-ring (bicyclic) bond motifs is 3. The van der Waals surface area contributed by atoms with Crippen LogP contribution in [0, 0.1) is 0 Å². The average molecular weight is 394 g/mol. The number of aliphatic hydroxyl groups is 1. The Morgan fingerprint density at radius 2 is 1.71 bits per heavy atom. The van der Waals surface area contributed by atoms with Crippen molar-refractivity contribution in [2.45, 2.75) is 18.4 Å². The second-order valence-corrected chi connectivity index (χ2v) is 8.02. The Labute approximate surface area is 169 Å².